The summed E-state index contributed by atoms with van der Waals surface area (Å²) in [4.78, 5) is 12.3. The minimum absolute atomic E-state index is 0.0661. The Labute approximate surface area is 125 Å². The van der Waals surface area contributed by atoms with Crippen LogP contribution in [0.3, 0.4) is 0 Å². The quantitative estimate of drug-likeness (QED) is 0.860. The first-order chi connectivity index (χ1) is 9.86. The Bertz CT molecular complexity index is 618. The number of hydrogen-bond donors (Lipinski definition) is 2. The molecule has 1 aromatic carbocycles. The number of hydrogen-bond acceptors (Lipinski definition) is 4. The van der Waals surface area contributed by atoms with Crippen LogP contribution in [0.5, 0.6) is 0 Å². The Hall–Kier alpha value is -1.40. The first-order valence-corrected chi connectivity index (χ1v) is 8.95. The lowest BCUT2D eigenvalue weighted by Gasteiger charge is -2.26. The van der Waals surface area contributed by atoms with E-state index in [0.717, 1.165) is 31.9 Å². The number of rotatable bonds is 5. The molecule has 0 bridgehead atoms. The van der Waals surface area contributed by atoms with Crippen LogP contribution >= 0.6 is 0 Å². The Morgan fingerprint density at radius 2 is 2.00 bits per heavy atom. The number of carbonyl (C=O) groups is 1. The summed E-state index contributed by atoms with van der Waals surface area (Å²) in [6.07, 6.45) is 5.07. The molecule has 2 N–H and O–H groups in total. The molecule has 0 heterocycles. The molecule has 1 aliphatic carbocycles. The molecule has 0 aromatic heterocycles. The maximum Gasteiger partial charge on any atom is 0.251 e. The number of aliphatic hydroxyl groups excluding tert-OH is 1. The average Bonchev–Trinajstić information content (AvgIpc) is 2.93. The zero-order valence-corrected chi connectivity index (χ0v) is 12.9. The molecule has 1 amide bonds. The molecule has 21 heavy (non-hydrogen) atoms. The molecule has 1 fully saturated rings. The molecular formula is C15H21NO4S. The SMILES string of the molecule is CS(=O)(=O)c1cccc(C(=O)NCC2(CO)CCCC2)c1. The van der Waals surface area contributed by atoms with Gasteiger partial charge in [-0.25, -0.2) is 8.42 Å². The Morgan fingerprint density at radius 1 is 1.33 bits per heavy atom. The fraction of sp³-hybridized carbons (Fsp3) is 0.533. The molecule has 0 aliphatic heterocycles. The van der Waals surface area contributed by atoms with Crippen molar-refractivity contribution < 1.29 is 18.3 Å². The molecule has 0 unspecified atom stereocenters. The molecule has 0 atom stereocenters. The van der Waals surface area contributed by atoms with E-state index in [2.05, 4.69) is 5.32 Å². The summed E-state index contributed by atoms with van der Waals surface area (Å²) in [5, 5.41) is 12.3. The van der Waals surface area contributed by atoms with Crippen molar-refractivity contribution in [3.8, 4) is 0 Å². The molecule has 1 aliphatic rings. The molecule has 2 rings (SSSR count). The summed E-state index contributed by atoms with van der Waals surface area (Å²) in [5.41, 5.74) is 0.105. The van der Waals surface area contributed by atoms with Crippen LogP contribution < -0.4 is 5.32 Å². The largest absolute Gasteiger partial charge is 0.396 e. The number of benzene rings is 1. The average molecular weight is 311 g/mol. The van der Waals surface area contributed by atoms with Gasteiger partial charge < -0.3 is 10.4 Å². The predicted molar refractivity (Wildman–Crippen MR) is 79.9 cm³/mol. The Kier molecular flexibility index (Phi) is 4.68. The van der Waals surface area contributed by atoms with E-state index in [1.807, 2.05) is 0 Å². The van der Waals surface area contributed by atoms with Gasteiger partial charge in [0.05, 0.1) is 11.5 Å². The molecule has 1 aromatic rings. The van der Waals surface area contributed by atoms with Crippen molar-refractivity contribution in [3.63, 3.8) is 0 Å². The van der Waals surface area contributed by atoms with Crippen LogP contribution in [-0.4, -0.2) is 38.8 Å². The van der Waals surface area contributed by atoms with Crippen molar-refractivity contribution >= 4 is 15.7 Å². The fourth-order valence-electron chi connectivity index (χ4n) is 2.75. The molecule has 0 radical (unpaired) electrons. The highest BCUT2D eigenvalue weighted by Crippen LogP contribution is 2.36. The summed E-state index contributed by atoms with van der Waals surface area (Å²) < 4.78 is 23.0. The van der Waals surface area contributed by atoms with Gasteiger partial charge in [0, 0.05) is 23.8 Å². The first kappa shape index (κ1) is 16.0. The van der Waals surface area contributed by atoms with Crippen molar-refractivity contribution in [2.45, 2.75) is 30.6 Å². The van der Waals surface area contributed by atoms with E-state index in [-0.39, 0.29) is 22.8 Å². The minimum Gasteiger partial charge on any atom is -0.396 e. The van der Waals surface area contributed by atoms with Crippen LogP contribution in [0.25, 0.3) is 0 Å². The third-order valence-corrected chi connectivity index (χ3v) is 5.26. The molecular weight excluding hydrogens is 290 g/mol. The lowest BCUT2D eigenvalue weighted by Crippen LogP contribution is -2.38. The van der Waals surface area contributed by atoms with Crippen LogP contribution in [0.15, 0.2) is 29.2 Å². The highest BCUT2D eigenvalue weighted by Gasteiger charge is 2.33. The van der Waals surface area contributed by atoms with Crippen molar-refractivity contribution in [3.05, 3.63) is 29.8 Å². The molecule has 0 saturated heterocycles. The fourth-order valence-corrected chi connectivity index (χ4v) is 3.42. The van der Waals surface area contributed by atoms with Gasteiger partial charge in [-0.1, -0.05) is 18.9 Å². The highest BCUT2D eigenvalue weighted by molar-refractivity contribution is 7.90. The predicted octanol–water partition coefficient (Wildman–Crippen LogP) is 1.37. The van der Waals surface area contributed by atoms with E-state index >= 15 is 0 Å². The number of carbonyl (C=O) groups excluding carboxylic acids is 1. The second-order valence-electron chi connectivity index (χ2n) is 5.85. The normalized spacial score (nSPS) is 17.6. The van der Waals surface area contributed by atoms with Crippen LogP contribution in [0.2, 0.25) is 0 Å². The lowest BCUT2D eigenvalue weighted by molar-refractivity contribution is 0.0880. The smallest absolute Gasteiger partial charge is 0.251 e. The summed E-state index contributed by atoms with van der Waals surface area (Å²) in [6, 6.07) is 6.00. The van der Waals surface area contributed by atoms with Crippen molar-refractivity contribution in [2.75, 3.05) is 19.4 Å². The van der Waals surface area contributed by atoms with Gasteiger partial charge in [0.1, 0.15) is 0 Å². The van der Waals surface area contributed by atoms with E-state index in [1.165, 1.54) is 12.1 Å². The highest BCUT2D eigenvalue weighted by atomic mass is 32.2. The first-order valence-electron chi connectivity index (χ1n) is 7.06. The maximum atomic E-state index is 12.2. The van der Waals surface area contributed by atoms with E-state index < -0.39 is 9.84 Å². The Balaban J connectivity index is 2.07. The molecule has 1 saturated carbocycles. The number of nitrogens with one attached hydrogen (secondary N) is 1. The van der Waals surface area contributed by atoms with Gasteiger partial charge in [-0.3, -0.25) is 4.79 Å². The van der Waals surface area contributed by atoms with Gasteiger partial charge in [0.2, 0.25) is 0 Å². The number of sulfone groups is 1. The van der Waals surface area contributed by atoms with Crippen LogP contribution in [0.1, 0.15) is 36.0 Å². The van der Waals surface area contributed by atoms with Gasteiger partial charge in [-0.2, -0.15) is 0 Å². The lowest BCUT2D eigenvalue weighted by atomic mass is 9.87. The number of aliphatic hydroxyl groups is 1. The van der Waals surface area contributed by atoms with E-state index in [4.69, 9.17) is 0 Å². The van der Waals surface area contributed by atoms with E-state index in [9.17, 15) is 18.3 Å². The second-order valence-corrected chi connectivity index (χ2v) is 7.86. The zero-order valence-electron chi connectivity index (χ0n) is 12.1. The zero-order chi connectivity index (χ0) is 15.5. The van der Waals surface area contributed by atoms with E-state index in [1.54, 1.807) is 12.1 Å². The molecule has 6 heteroatoms. The minimum atomic E-state index is -3.33. The van der Waals surface area contributed by atoms with Crippen molar-refractivity contribution in [2.24, 2.45) is 5.41 Å². The van der Waals surface area contributed by atoms with Gasteiger partial charge in [-0.15, -0.1) is 0 Å². The van der Waals surface area contributed by atoms with Gasteiger partial charge in [0.25, 0.3) is 5.91 Å². The van der Waals surface area contributed by atoms with E-state index in [0.29, 0.717) is 12.1 Å². The molecule has 0 spiro atoms. The van der Waals surface area contributed by atoms with Crippen LogP contribution in [0.4, 0.5) is 0 Å². The monoisotopic (exact) mass is 311 g/mol. The van der Waals surface area contributed by atoms with Crippen LogP contribution in [0, 0.1) is 5.41 Å². The third kappa shape index (κ3) is 3.83. The van der Waals surface area contributed by atoms with Gasteiger partial charge in [-0.05, 0) is 31.0 Å². The summed E-state index contributed by atoms with van der Waals surface area (Å²) in [7, 11) is -3.33. The molecule has 116 valence electrons. The summed E-state index contributed by atoms with van der Waals surface area (Å²) >= 11 is 0. The maximum absolute atomic E-state index is 12.2. The van der Waals surface area contributed by atoms with Crippen molar-refractivity contribution in [1.82, 2.24) is 5.32 Å². The number of amides is 1. The van der Waals surface area contributed by atoms with Crippen molar-refractivity contribution in [1.29, 1.82) is 0 Å². The van der Waals surface area contributed by atoms with Crippen LogP contribution in [-0.2, 0) is 9.84 Å². The second kappa shape index (κ2) is 6.15. The van der Waals surface area contributed by atoms with Gasteiger partial charge in [0.15, 0.2) is 9.84 Å². The summed E-state index contributed by atoms with van der Waals surface area (Å²) in [6.45, 7) is 0.488. The topological polar surface area (TPSA) is 83.5 Å². The summed E-state index contributed by atoms with van der Waals surface area (Å²) in [5.74, 6) is -0.305. The Morgan fingerprint density at radius 3 is 2.57 bits per heavy atom. The van der Waals surface area contributed by atoms with Gasteiger partial charge >= 0.3 is 0 Å². The molecule has 5 nitrogen and oxygen atoms in total. The standard InChI is InChI=1S/C15H21NO4S/c1-21(19,20)13-6-4-5-12(9-13)14(18)16-10-15(11-17)7-2-3-8-15/h4-6,9,17H,2-3,7-8,10-11H2,1H3,(H,16,18). The third-order valence-electron chi connectivity index (χ3n) is 4.15.